The van der Waals surface area contributed by atoms with Gasteiger partial charge < -0.3 is 0 Å². The maximum atomic E-state index is 13.7. The number of halogens is 2. The molecule has 3 rings (SSSR count). The van der Waals surface area contributed by atoms with E-state index < -0.39 is 11.4 Å². The minimum Gasteiger partial charge on any atom is -0.290 e. The van der Waals surface area contributed by atoms with Crippen LogP contribution in [0.25, 0.3) is 11.3 Å². The van der Waals surface area contributed by atoms with Gasteiger partial charge in [-0.1, -0.05) is 41.9 Å². The molecule has 128 valence electrons. The van der Waals surface area contributed by atoms with Crippen LogP contribution in [-0.4, -0.2) is 16.2 Å². The highest BCUT2D eigenvalue weighted by atomic mass is 35.5. The van der Waals surface area contributed by atoms with Gasteiger partial charge in [0.1, 0.15) is 17.4 Å². The minimum atomic E-state index is -0.604. The highest BCUT2D eigenvalue weighted by molar-refractivity contribution is 6.30. The lowest BCUT2D eigenvalue weighted by molar-refractivity contribution is 0.626. The van der Waals surface area contributed by atoms with Gasteiger partial charge in [0.25, 0.3) is 5.56 Å². The highest BCUT2D eigenvalue weighted by Gasteiger charge is 2.12. The molecule has 0 fully saturated rings. The summed E-state index contributed by atoms with van der Waals surface area (Å²) in [6, 6.07) is 14.7. The predicted octanol–water partition coefficient (Wildman–Crippen LogP) is 3.55. The number of benzene rings is 2. The summed E-state index contributed by atoms with van der Waals surface area (Å²) in [5, 5.41) is 13.4. The van der Waals surface area contributed by atoms with E-state index in [0.29, 0.717) is 10.6 Å². The third kappa shape index (κ3) is 3.77. The second-order valence-electron chi connectivity index (χ2n) is 5.15. The van der Waals surface area contributed by atoms with Gasteiger partial charge in [-0.2, -0.15) is 10.4 Å². The molecule has 8 heteroatoms. The average Bonchev–Trinajstić information content (AvgIpc) is 2.65. The molecule has 2 N–H and O–H groups in total. The molecular weight excluding hydrogens is 357 g/mol. The first-order valence-electron chi connectivity index (χ1n) is 7.42. The van der Waals surface area contributed by atoms with Gasteiger partial charge in [-0.25, -0.2) is 14.8 Å². The third-order valence-electron chi connectivity index (χ3n) is 3.41. The molecule has 0 saturated carbocycles. The highest BCUT2D eigenvalue weighted by Crippen LogP contribution is 2.19. The van der Waals surface area contributed by atoms with E-state index in [2.05, 4.69) is 20.5 Å². The number of hydrogen-bond donors (Lipinski definition) is 2. The molecule has 0 aliphatic carbocycles. The maximum absolute atomic E-state index is 13.7. The smallest absolute Gasteiger partial charge is 0.270 e. The Morgan fingerprint density at radius 2 is 2.04 bits per heavy atom. The Morgan fingerprint density at radius 1 is 1.27 bits per heavy atom. The van der Waals surface area contributed by atoms with E-state index in [4.69, 9.17) is 11.6 Å². The molecule has 3 aromatic rings. The molecule has 1 aromatic heterocycles. The van der Waals surface area contributed by atoms with Crippen LogP contribution in [0.4, 0.5) is 10.3 Å². The lowest BCUT2D eigenvalue weighted by Crippen LogP contribution is -2.16. The van der Waals surface area contributed by atoms with Crippen molar-refractivity contribution in [2.75, 3.05) is 5.43 Å². The van der Waals surface area contributed by atoms with Gasteiger partial charge in [-0.3, -0.25) is 9.78 Å². The van der Waals surface area contributed by atoms with E-state index in [0.717, 1.165) is 0 Å². The summed E-state index contributed by atoms with van der Waals surface area (Å²) in [7, 11) is 0. The number of nitriles is 1. The maximum Gasteiger partial charge on any atom is 0.270 e. The topological polar surface area (TPSA) is 93.9 Å². The molecule has 1 heterocycles. The van der Waals surface area contributed by atoms with Crippen molar-refractivity contribution in [2.45, 2.75) is 0 Å². The molecule has 2 aromatic carbocycles. The number of aromatic nitrogens is 2. The van der Waals surface area contributed by atoms with Crippen LogP contribution in [0.2, 0.25) is 5.02 Å². The Bertz CT molecular complexity index is 1070. The van der Waals surface area contributed by atoms with Crippen molar-refractivity contribution in [3.8, 4) is 17.3 Å². The van der Waals surface area contributed by atoms with Gasteiger partial charge in [-0.05, 0) is 18.2 Å². The van der Waals surface area contributed by atoms with Crippen LogP contribution in [0, 0.1) is 17.1 Å². The average molecular weight is 368 g/mol. The summed E-state index contributed by atoms with van der Waals surface area (Å²) in [6.45, 7) is 0. The van der Waals surface area contributed by atoms with Crippen LogP contribution < -0.4 is 11.0 Å². The lowest BCUT2D eigenvalue weighted by Gasteiger charge is -2.06. The summed E-state index contributed by atoms with van der Waals surface area (Å²) in [6.07, 6.45) is 1.21. The normalized spacial score (nSPS) is 10.7. The molecule has 0 unspecified atom stereocenters. The monoisotopic (exact) mass is 367 g/mol. The molecule has 0 atom stereocenters. The third-order valence-corrected chi connectivity index (χ3v) is 3.65. The van der Waals surface area contributed by atoms with E-state index >= 15 is 0 Å². The molecule has 0 amide bonds. The van der Waals surface area contributed by atoms with Crippen molar-refractivity contribution >= 4 is 23.8 Å². The molecule has 6 nitrogen and oxygen atoms in total. The van der Waals surface area contributed by atoms with Crippen molar-refractivity contribution < 1.29 is 4.39 Å². The second kappa shape index (κ2) is 7.59. The minimum absolute atomic E-state index is 0.0199. The number of H-pyrrole nitrogens is 1. The van der Waals surface area contributed by atoms with Crippen molar-refractivity contribution in [3.63, 3.8) is 0 Å². The first kappa shape index (κ1) is 17.3. The van der Waals surface area contributed by atoms with E-state index in [-0.39, 0.29) is 22.8 Å². The molecule has 0 spiro atoms. The fourth-order valence-electron chi connectivity index (χ4n) is 2.21. The largest absolute Gasteiger partial charge is 0.290 e. The predicted molar refractivity (Wildman–Crippen MR) is 97.6 cm³/mol. The molecule has 0 aliphatic heterocycles. The molecule has 26 heavy (non-hydrogen) atoms. The van der Waals surface area contributed by atoms with Crippen LogP contribution in [-0.2, 0) is 0 Å². The number of rotatable bonds is 4. The summed E-state index contributed by atoms with van der Waals surface area (Å²) in [5.74, 6) is -0.474. The first-order chi connectivity index (χ1) is 12.6. The number of nitrogens with zero attached hydrogens (tertiary/aromatic N) is 3. The van der Waals surface area contributed by atoms with Gasteiger partial charge >= 0.3 is 0 Å². The first-order valence-corrected chi connectivity index (χ1v) is 7.80. The Balaban J connectivity index is 1.93. The Hall–Kier alpha value is -3.50. The van der Waals surface area contributed by atoms with E-state index in [1.807, 2.05) is 12.1 Å². The number of aromatic amines is 1. The van der Waals surface area contributed by atoms with Crippen molar-refractivity contribution in [1.29, 1.82) is 5.26 Å². The SMILES string of the molecule is N#Cc1c(-c2ccccc2)nc(NN=Cc2cc(Cl)ccc2F)[nH]c1=O. The molecule has 0 saturated heterocycles. The number of hydrazone groups is 1. The van der Waals surface area contributed by atoms with Crippen molar-refractivity contribution in [3.05, 3.63) is 80.9 Å². The van der Waals surface area contributed by atoms with Crippen molar-refractivity contribution in [1.82, 2.24) is 9.97 Å². The van der Waals surface area contributed by atoms with Crippen LogP contribution in [0.3, 0.4) is 0 Å². The standard InChI is InChI=1S/C18H11ClFN5O/c19-13-6-7-15(20)12(8-13)10-22-25-18-23-16(11-4-2-1-3-5-11)14(9-21)17(26)24-18/h1-8,10H,(H2,23,24,25,26). The number of nitrogens with one attached hydrogen (secondary N) is 2. The molecule has 0 aliphatic rings. The Kier molecular flexibility index (Phi) is 5.06. The van der Waals surface area contributed by atoms with Gasteiger partial charge in [0.2, 0.25) is 5.95 Å². The zero-order valence-electron chi connectivity index (χ0n) is 13.2. The summed E-state index contributed by atoms with van der Waals surface area (Å²) < 4.78 is 13.7. The zero-order chi connectivity index (χ0) is 18.5. The summed E-state index contributed by atoms with van der Waals surface area (Å²) in [5.41, 5.74) is 2.83. The fourth-order valence-corrected chi connectivity index (χ4v) is 2.39. The summed E-state index contributed by atoms with van der Waals surface area (Å²) in [4.78, 5) is 18.7. The van der Waals surface area contributed by atoms with Crippen LogP contribution in [0.1, 0.15) is 11.1 Å². The van der Waals surface area contributed by atoms with Gasteiger partial charge in [0.05, 0.1) is 11.9 Å². The van der Waals surface area contributed by atoms with Crippen LogP contribution >= 0.6 is 11.6 Å². The van der Waals surface area contributed by atoms with E-state index in [1.54, 1.807) is 24.3 Å². The Morgan fingerprint density at radius 3 is 2.77 bits per heavy atom. The molecule has 0 bridgehead atoms. The molecule has 0 radical (unpaired) electrons. The number of hydrogen-bond acceptors (Lipinski definition) is 5. The Labute approximate surface area is 152 Å². The van der Waals surface area contributed by atoms with Gasteiger partial charge in [0, 0.05) is 16.1 Å². The van der Waals surface area contributed by atoms with Crippen LogP contribution in [0.5, 0.6) is 0 Å². The summed E-state index contributed by atoms with van der Waals surface area (Å²) >= 11 is 5.82. The van der Waals surface area contributed by atoms with Gasteiger partial charge in [0.15, 0.2) is 0 Å². The lowest BCUT2D eigenvalue weighted by atomic mass is 10.1. The van der Waals surface area contributed by atoms with E-state index in [1.165, 1.54) is 24.4 Å². The second-order valence-corrected chi connectivity index (χ2v) is 5.59. The van der Waals surface area contributed by atoms with Crippen molar-refractivity contribution in [2.24, 2.45) is 5.10 Å². The fraction of sp³-hybridized carbons (Fsp3) is 0. The number of anilines is 1. The quantitative estimate of drug-likeness (QED) is 0.544. The zero-order valence-corrected chi connectivity index (χ0v) is 14.0. The molecular formula is C18H11ClFN5O. The van der Waals surface area contributed by atoms with E-state index in [9.17, 15) is 14.4 Å². The van der Waals surface area contributed by atoms with Gasteiger partial charge in [-0.15, -0.1) is 0 Å². The van der Waals surface area contributed by atoms with Crippen LogP contribution in [0.15, 0.2) is 58.4 Å².